The van der Waals surface area contributed by atoms with Crippen LogP contribution in [0.1, 0.15) is 185 Å². The number of benzene rings is 5. The average Bonchev–Trinajstić information content (AvgIpc) is 0.838. The molecule has 5 saturated heterocycles. The first-order valence-corrected chi connectivity index (χ1v) is 44.0. The Hall–Kier alpha value is -7.47. The molecule has 0 saturated carbocycles. The van der Waals surface area contributed by atoms with E-state index in [1.807, 2.05) is 73.2 Å². The number of aromatic nitrogens is 5. The Morgan fingerprint density at radius 3 is 0.901 bits per heavy atom. The number of halogens is 2. The van der Waals surface area contributed by atoms with Gasteiger partial charge in [-0.15, -0.1) is 0 Å². The van der Waals surface area contributed by atoms with Crippen LogP contribution < -0.4 is 26.6 Å². The molecule has 0 unspecified atom stereocenters. The number of piperidine rings is 5. The number of unbranched alkanes of at least 4 members (excludes halogenated alkanes) is 7. The number of anilines is 5. The third-order valence-corrected chi connectivity index (χ3v) is 23.0. The van der Waals surface area contributed by atoms with E-state index in [9.17, 15) is 0 Å². The summed E-state index contributed by atoms with van der Waals surface area (Å²) >= 11 is 12.0. The van der Waals surface area contributed by atoms with Gasteiger partial charge in [0, 0.05) is 128 Å². The highest BCUT2D eigenvalue weighted by atomic mass is 35.5. The second-order valence-corrected chi connectivity index (χ2v) is 32.3. The molecular weight excluding hydrogens is 1410 g/mol. The standard InChI is InChI=1S/C21H31N3.C20H29N3.C18H24ClN3.C18H25N3.C17H22ClN3/c1-18-17-21(19-11-5-6-12-20(19)23-18)22-13-7-2-3-8-14-24-15-9-4-10-16-24;1(2-7-15-23-16-8-3-9-17-23)6-13-21-20-12-14-22-19-11-5-4-10-18(19)20;19-15-6-7-16-17(8-10-21-18(16)14-15)20-9-2-5-13-22-11-3-1-4-12-22;1-15-14-18(16-8-3-4-9-17(16)20-15)19-10-7-13-21-11-5-2-6-12-21;18-14-5-6-15-16(7-9-20-17(15)13-14)19-8-4-12-21-10-2-1-3-11-21/h5-6,11-12,17H,2-4,7-10,13-16H2,1H3,(H,22,23);4-5,10-12,14H,1-3,6-9,13,15-17H2,(H,21,22);6-8,10,14H,1-5,9,11-13H2,(H,20,21);3-4,8-9,14H,2,5-7,10-13H2,1H3,(H,19,20);5-7,9,13H,1-4,8,10-12H2,(H,19,20). The average molecular weight is 1540 g/mol. The van der Waals surface area contributed by atoms with Crippen molar-refractivity contribution in [3.63, 3.8) is 0 Å². The van der Waals surface area contributed by atoms with Crippen molar-refractivity contribution in [2.75, 3.05) is 157 Å². The molecule has 17 heteroatoms. The molecule has 596 valence electrons. The van der Waals surface area contributed by atoms with E-state index in [-0.39, 0.29) is 0 Å². The largest absolute Gasteiger partial charge is 0.384 e. The van der Waals surface area contributed by atoms with Gasteiger partial charge >= 0.3 is 0 Å². The van der Waals surface area contributed by atoms with Gasteiger partial charge < -0.3 is 51.1 Å². The zero-order valence-corrected chi connectivity index (χ0v) is 69.0. The fraction of sp³-hybridized carbons (Fsp3) is 0.521. The number of nitrogens with one attached hydrogen (secondary N) is 5. The van der Waals surface area contributed by atoms with Gasteiger partial charge in [-0.05, 0) is 313 Å². The predicted octanol–water partition coefficient (Wildman–Crippen LogP) is 22.3. The van der Waals surface area contributed by atoms with Gasteiger partial charge in [0.25, 0.3) is 0 Å². The van der Waals surface area contributed by atoms with Crippen LogP contribution in [0.25, 0.3) is 54.5 Å². The van der Waals surface area contributed by atoms with E-state index in [0.717, 1.165) is 104 Å². The van der Waals surface area contributed by atoms with Gasteiger partial charge in [-0.1, -0.05) is 136 Å². The highest BCUT2D eigenvalue weighted by Gasteiger charge is 2.16. The van der Waals surface area contributed by atoms with Gasteiger partial charge in [-0.25, -0.2) is 0 Å². The van der Waals surface area contributed by atoms with E-state index >= 15 is 0 Å². The minimum Gasteiger partial charge on any atom is -0.384 e. The molecule has 111 heavy (non-hydrogen) atoms. The summed E-state index contributed by atoms with van der Waals surface area (Å²) < 4.78 is 0. The molecule has 0 spiro atoms. The normalized spacial score (nSPS) is 16.0. The SMILES string of the molecule is Cc1cc(NCCCCCCN2CCCCC2)c2ccccc2n1.Cc1cc(NCCCN2CCCCC2)c2ccccc2n1.Clc1ccc2c(NCCCCN3CCCCC3)ccnc2c1.Clc1ccc2c(NCCCN3CCCCC3)ccnc2c1.c1ccc2c(NCCCCCCN3CCCCC3)ccnc2c1. The smallest absolute Gasteiger partial charge is 0.0737 e. The zero-order chi connectivity index (χ0) is 76.5. The van der Waals surface area contributed by atoms with E-state index in [1.165, 1.54) is 305 Å². The molecule has 10 aromatic rings. The van der Waals surface area contributed by atoms with Crippen LogP contribution in [-0.4, -0.2) is 180 Å². The minimum atomic E-state index is 0.734. The first-order valence-electron chi connectivity index (χ1n) is 43.2. The van der Waals surface area contributed by atoms with Gasteiger partial charge in [0.15, 0.2) is 0 Å². The van der Waals surface area contributed by atoms with Crippen LogP contribution in [0.3, 0.4) is 0 Å². The van der Waals surface area contributed by atoms with Crippen molar-refractivity contribution >= 4 is 106 Å². The summed E-state index contributed by atoms with van der Waals surface area (Å²) in [6, 6.07) is 47.3. The van der Waals surface area contributed by atoms with Gasteiger partial charge in [0.1, 0.15) is 0 Å². The first kappa shape index (κ1) is 84.4. The number of aryl methyl sites for hydroxylation is 2. The van der Waals surface area contributed by atoms with Crippen molar-refractivity contribution in [2.45, 2.75) is 187 Å². The van der Waals surface area contributed by atoms with Crippen molar-refractivity contribution in [1.29, 1.82) is 0 Å². The third-order valence-electron chi connectivity index (χ3n) is 22.6. The number of nitrogens with zero attached hydrogens (tertiary/aromatic N) is 10. The van der Waals surface area contributed by atoms with Crippen molar-refractivity contribution in [1.82, 2.24) is 49.4 Å². The monoisotopic (exact) mass is 1540 g/mol. The first-order chi connectivity index (χ1) is 54.7. The molecule has 0 bridgehead atoms. The summed E-state index contributed by atoms with van der Waals surface area (Å²) in [5, 5.41) is 25.3. The quantitative estimate of drug-likeness (QED) is 0.0255. The van der Waals surface area contributed by atoms with Crippen LogP contribution in [0, 0.1) is 13.8 Å². The second kappa shape index (κ2) is 48.6. The molecule has 5 aliphatic heterocycles. The van der Waals surface area contributed by atoms with Crippen LogP contribution in [0.2, 0.25) is 10.0 Å². The van der Waals surface area contributed by atoms with Crippen molar-refractivity contribution in [3.05, 3.63) is 180 Å². The zero-order valence-electron chi connectivity index (χ0n) is 67.5. The van der Waals surface area contributed by atoms with E-state index < -0.39 is 0 Å². The summed E-state index contributed by atoms with van der Waals surface area (Å²) in [7, 11) is 0. The molecule has 15 nitrogen and oxygen atoms in total. The molecule has 0 aliphatic carbocycles. The topological polar surface area (TPSA) is 141 Å². The van der Waals surface area contributed by atoms with Crippen LogP contribution in [0.15, 0.2) is 158 Å². The number of hydrogen-bond acceptors (Lipinski definition) is 15. The van der Waals surface area contributed by atoms with Gasteiger partial charge in [-0.2, -0.15) is 0 Å². The number of hydrogen-bond donors (Lipinski definition) is 5. The molecule has 0 amide bonds. The van der Waals surface area contributed by atoms with Crippen LogP contribution in [0.5, 0.6) is 0 Å². The van der Waals surface area contributed by atoms with Crippen molar-refractivity contribution in [3.8, 4) is 0 Å². The highest BCUT2D eigenvalue weighted by molar-refractivity contribution is 6.31. The lowest BCUT2D eigenvalue weighted by Gasteiger charge is -2.26. The van der Waals surface area contributed by atoms with Crippen LogP contribution in [-0.2, 0) is 0 Å². The van der Waals surface area contributed by atoms with E-state index in [0.29, 0.717) is 0 Å². The molecule has 10 heterocycles. The maximum atomic E-state index is 6.03. The van der Waals surface area contributed by atoms with E-state index in [4.69, 9.17) is 23.2 Å². The summed E-state index contributed by atoms with van der Waals surface area (Å²) in [6.45, 7) is 28.6. The molecular formula is C94H131Cl2N15. The Kier molecular flexibility index (Phi) is 36.9. The molecule has 5 aromatic carbocycles. The number of rotatable bonds is 32. The van der Waals surface area contributed by atoms with Crippen LogP contribution >= 0.6 is 23.2 Å². The third kappa shape index (κ3) is 29.5. The molecule has 5 N–H and O–H groups in total. The van der Waals surface area contributed by atoms with Gasteiger partial charge in [0.05, 0.1) is 27.6 Å². The Bertz CT molecular complexity index is 4260. The number of fused-ring (bicyclic) bond motifs is 5. The Balaban J connectivity index is 0.000000138. The summed E-state index contributed by atoms with van der Waals surface area (Å²) in [6.07, 6.45) is 42.0. The van der Waals surface area contributed by atoms with E-state index in [2.05, 4.69) is 175 Å². The maximum absolute atomic E-state index is 6.03. The molecule has 15 rings (SSSR count). The number of likely N-dealkylation sites (tertiary alicyclic amines) is 5. The lowest BCUT2D eigenvalue weighted by atomic mass is 10.1. The molecule has 5 fully saturated rings. The predicted molar refractivity (Wildman–Crippen MR) is 478 cm³/mol. The number of pyridine rings is 5. The van der Waals surface area contributed by atoms with Crippen molar-refractivity contribution in [2.24, 2.45) is 0 Å². The lowest BCUT2D eigenvalue weighted by Crippen LogP contribution is -2.31. The Morgan fingerprint density at radius 1 is 0.261 bits per heavy atom. The van der Waals surface area contributed by atoms with Gasteiger partial charge in [0.2, 0.25) is 0 Å². The molecule has 0 atom stereocenters. The van der Waals surface area contributed by atoms with E-state index in [1.54, 1.807) is 0 Å². The lowest BCUT2D eigenvalue weighted by molar-refractivity contribution is 0.224. The summed E-state index contributed by atoms with van der Waals surface area (Å²) in [5.74, 6) is 0. The molecule has 0 radical (unpaired) electrons. The summed E-state index contributed by atoms with van der Waals surface area (Å²) in [5.41, 5.74) is 13.2. The Morgan fingerprint density at radius 2 is 0.532 bits per heavy atom. The maximum Gasteiger partial charge on any atom is 0.0737 e. The fourth-order valence-corrected chi connectivity index (χ4v) is 16.8. The molecule has 5 aromatic heterocycles. The van der Waals surface area contributed by atoms with Crippen molar-refractivity contribution < 1.29 is 0 Å². The molecule has 5 aliphatic rings. The number of para-hydroxylation sites is 3. The second-order valence-electron chi connectivity index (χ2n) is 31.5. The summed E-state index contributed by atoms with van der Waals surface area (Å²) in [4.78, 5) is 35.4. The van der Waals surface area contributed by atoms with Crippen LogP contribution in [0.4, 0.5) is 28.4 Å². The Labute approximate surface area is 675 Å². The van der Waals surface area contributed by atoms with Gasteiger partial charge in [-0.3, -0.25) is 24.9 Å². The highest BCUT2D eigenvalue weighted by Crippen LogP contribution is 2.29. The fourth-order valence-electron chi connectivity index (χ4n) is 16.4. The minimum absolute atomic E-state index is 0.734.